The van der Waals surface area contributed by atoms with Crippen LogP contribution in [0.5, 0.6) is 0 Å². The number of thiol groups is 1. The Labute approximate surface area is 340 Å². The Morgan fingerprint density at radius 2 is 1.48 bits per heavy atom. The molecule has 1 amide bonds. The first-order chi connectivity index (χ1) is 27.8. The largest absolute Gasteiger partial charge is 0.463 e. The summed E-state index contributed by atoms with van der Waals surface area (Å²) in [5.41, 5.74) is -0.670. The van der Waals surface area contributed by atoms with Crippen LogP contribution in [0.2, 0.25) is 0 Å². The van der Waals surface area contributed by atoms with Crippen LogP contribution in [0.4, 0.5) is 18.9 Å². The van der Waals surface area contributed by atoms with Gasteiger partial charge in [-0.05, 0) is 106 Å². The van der Waals surface area contributed by atoms with E-state index < -0.39 is 33.1 Å². The maximum Gasteiger partial charge on any atom is 0.417 e. The van der Waals surface area contributed by atoms with Crippen molar-refractivity contribution in [3.8, 4) is 6.07 Å². The molecule has 2 heterocycles. The standard InChI is InChI=1S/C40H57F3N6O8S/c1-38(2)37(51)49(34-5-4-32(26-44)35(21-34)40(41,42)43)47-58(38)17-3-6-48-27-33(45-46-48)28-56-14-13-54-10-9-52-7-8-53-11-12-55-15-16-57-36(50)25-39-22-29-18-30(23-39)20-31(19-29)24-39/h4-5,21,27,29-31,47,58H,3,6-20,22-25,28H2,1-2H3. The van der Waals surface area contributed by atoms with Crippen molar-refractivity contribution < 1.29 is 51.2 Å². The molecule has 18 heteroatoms. The van der Waals surface area contributed by atoms with Crippen molar-refractivity contribution in [1.29, 1.82) is 5.26 Å². The Morgan fingerprint density at radius 1 is 0.914 bits per heavy atom. The molecule has 5 fully saturated rings. The molecule has 0 spiro atoms. The average molecular weight is 839 g/mol. The number of hydrogen-bond acceptors (Lipinski definition) is 12. The number of carbonyl (C=O) groups is 2. The van der Waals surface area contributed by atoms with E-state index in [2.05, 4.69) is 15.1 Å². The molecule has 4 aliphatic carbocycles. The monoisotopic (exact) mass is 838 g/mol. The average Bonchev–Trinajstić information content (AvgIpc) is 3.71. The van der Waals surface area contributed by atoms with Gasteiger partial charge in [0.2, 0.25) is 0 Å². The number of hydrogen-bond donors (Lipinski definition) is 2. The predicted molar refractivity (Wildman–Crippen MR) is 208 cm³/mol. The van der Waals surface area contributed by atoms with E-state index in [-0.39, 0.29) is 36.2 Å². The number of benzene rings is 1. The van der Waals surface area contributed by atoms with Gasteiger partial charge in [-0.1, -0.05) is 5.21 Å². The zero-order chi connectivity index (χ0) is 41.2. The summed E-state index contributed by atoms with van der Waals surface area (Å²) in [5, 5.41) is 18.6. The highest BCUT2D eigenvalue weighted by Crippen LogP contribution is 2.61. The SMILES string of the molecule is CC1(C)C(=O)N(c2ccc(C#N)c(C(F)(F)F)c2)N[SH]1CCCn1cc(COCCOCCOCCOCCOCCOC(=O)CC23CC4CC(CC(C4)C2)C3)nn1. The molecule has 4 saturated carbocycles. The molecule has 4 bridgehead atoms. The number of ether oxygens (including phenoxy) is 6. The number of rotatable bonds is 24. The van der Waals surface area contributed by atoms with Crippen molar-refractivity contribution in [3.05, 3.63) is 41.2 Å². The lowest BCUT2D eigenvalue weighted by molar-refractivity contribution is -0.153. The second-order valence-electron chi connectivity index (χ2n) is 16.4. The second-order valence-corrected chi connectivity index (χ2v) is 19.1. The Morgan fingerprint density at radius 3 is 2.05 bits per heavy atom. The summed E-state index contributed by atoms with van der Waals surface area (Å²) < 4.78 is 74.8. The summed E-state index contributed by atoms with van der Waals surface area (Å²) >= 11 is -1.11. The lowest BCUT2D eigenvalue weighted by atomic mass is 9.49. The van der Waals surface area contributed by atoms with Crippen molar-refractivity contribution in [1.82, 2.24) is 19.8 Å². The third kappa shape index (κ3) is 11.9. The van der Waals surface area contributed by atoms with Crippen LogP contribution in [0.1, 0.15) is 82.0 Å². The maximum atomic E-state index is 13.5. The molecule has 1 atom stereocenters. The number of amides is 1. The maximum absolute atomic E-state index is 13.5. The molecule has 0 radical (unpaired) electrons. The molecule has 1 aliphatic heterocycles. The van der Waals surface area contributed by atoms with E-state index in [1.807, 2.05) is 0 Å². The number of nitrogens with one attached hydrogen (secondary N) is 1. The van der Waals surface area contributed by atoms with Gasteiger partial charge in [-0.2, -0.15) is 34.3 Å². The van der Waals surface area contributed by atoms with Crippen molar-refractivity contribution in [2.45, 2.75) is 89.3 Å². The summed E-state index contributed by atoms with van der Waals surface area (Å²) in [5.74, 6) is 2.69. The van der Waals surface area contributed by atoms with Gasteiger partial charge in [0.05, 0.1) is 106 Å². The van der Waals surface area contributed by atoms with Gasteiger partial charge in [-0.3, -0.25) is 14.3 Å². The Bertz CT molecular complexity index is 1690. The molecular weight excluding hydrogens is 782 g/mol. The number of alkyl halides is 3. The minimum absolute atomic E-state index is 0.0444. The van der Waals surface area contributed by atoms with Crippen LogP contribution in [0.15, 0.2) is 24.4 Å². The van der Waals surface area contributed by atoms with E-state index in [4.69, 9.17) is 33.7 Å². The molecule has 1 aromatic carbocycles. The van der Waals surface area contributed by atoms with Crippen molar-refractivity contribution >= 4 is 28.6 Å². The number of aryl methyl sites for hydroxylation is 1. The van der Waals surface area contributed by atoms with Gasteiger partial charge in [0.15, 0.2) is 0 Å². The highest BCUT2D eigenvalue weighted by molar-refractivity contribution is 8.17. The molecule has 5 aliphatic rings. The fourth-order valence-electron chi connectivity index (χ4n) is 9.23. The number of carbonyl (C=O) groups excluding carboxylic acids is 2. The number of hydrazine groups is 1. The van der Waals surface area contributed by atoms with Gasteiger partial charge < -0.3 is 28.4 Å². The van der Waals surface area contributed by atoms with Crippen LogP contribution in [0.3, 0.4) is 0 Å². The number of esters is 1. The van der Waals surface area contributed by atoms with Gasteiger partial charge in [-0.25, -0.2) is 5.01 Å². The first-order valence-electron chi connectivity index (χ1n) is 20.3. The van der Waals surface area contributed by atoms with Crippen molar-refractivity contribution in [2.24, 2.45) is 23.2 Å². The van der Waals surface area contributed by atoms with Gasteiger partial charge in [0.25, 0.3) is 5.91 Å². The quantitative estimate of drug-likeness (QED) is 0.0774. The summed E-state index contributed by atoms with van der Waals surface area (Å²) in [7, 11) is 0. The molecule has 1 saturated heterocycles. The highest BCUT2D eigenvalue weighted by Gasteiger charge is 2.52. The molecule has 7 rings (SSSR count). The fraction of sp³-hybridized carbons (Fsp3) is 0.725. The lowest BCUT2D eigenvalue weighted by Gasteiger charge is -2.56. The van der Waals surface area contributed by atoms with Crippen LogP contribution in [-0.2, 0) is 57.3 Å². The molecule has 1 aromatic heterocycles. The zero-order valence-electron chi connectivity index (χ0n) is 33.5. The summed E-state index contributed by atoms with van der Waals surface area (Å²) in [6.07, 6.45) is 6.02. The fourth-order valence-corrected chi connectivity index (χ4v) is 11.4. The number of nitriles is 1. The van der Waals surface area contributed by atoms with E-state index in [1.54, 1.807) is 30.8 Å². The van der Waals surface area contributed by atoms with E-state index in [9.17, 15) is 22.8 Å². The number of halogens is 3. The third-order valence-electron chi connectivity index (χ3n) is 11.6. The smallest absolute Gasteiger partial charge is 0.417 e. The van der Waals surface area contributed by atoms with E-state index in [1.165, 1.54) is 49.6 Å². The molecular formula is C40H57F3N6O8S. The minimum Gasteiger partial charge on any atom is -0.463 e. The van der Waals surface area contributed by atoms with Gasteiger partial charge in [0, 0.05) is 6.54 Å². The van der Waals surface area contributed by atoms with Crippen molar-refractivity contribution in [2.75, 3.05) is 76.8 Å². The lowest BCUT2D eigenvalue weighted by Crippen LogP contribution is -2.47. The summed E-state index contributed by atoms with van der Waals surface area (Å²) in [4.78, 5) is 28.8. The molecule has 58 heavy (non-hydrogen) atoms. The van der Waals surface area contributed by atoms with Crippen LogP contribution < -0.4 is 9.84 Å². The second kappa shape index (κ2) is 20.3. The zero-order valence-corrected chi connectivity index (χ0v) is 34.4. The number of anilines is 1. The van der Waals surface area contributed by atoms with Crippen LogP contribution in [-0.4, -0.2) is 103 Å². The molecule has 2 aromatic rings. The Kier molecular flexibility index (Phi) is 15.5. The van der Waals surface area contributed by atoms with Gasteiger partial charge in [-0.15, -0.1) is 5.10 Å². The van der Waals surface area contributed by atoms with Crippen LogP contribution in [0.25, 0.3) is 0 Å². The Hall–Kier alpha value is -3.31. The normalized spacial score (nSPS) is 25.4. The highest BCUT2D eigenvalue weighted by atomic mass is 32.2. The summed E-state index contributed by atoms with van der Waals surface area (Å²) in [6.45, 7) is 8.37. The predicted octanol–water partition coefficient (Wildman–Crippen LogP) is 5.54. The van der Waals surface area contributed by atoms with E-state index >= 15 is 0 Å². The third-order valence-corrected chi connectivity index (χ3v) is 14.3. The number of nitrogens with zero attached hydrogens (tertiary/aromatic N) is 5. The summed E-state index contributed by atoms with van der Waals surface area (Å²) in [6, 6.07) is 4.83. The van der Waals surface area contributed by atoms with Crippen LogP contribution in [0, 0.1) is 34.5 Å². The topological polar surface area (TPSA) is 159 Å². The van der Waals surface area contributed by atoms with Crippen molar-refractivity contribution in [3.63, 3.8) is 0 Å². The number of aromatic nitrogens is 3. The molecule has 1 N–H and O–H groups in total. The van der Waals surface area contributed by atoms with Gasteiger partial charge >= 0.3 is 12.1 Å². The van der Waals surface area contributed by atoms with Gasteiger partial charge in [0.1, 0.15) is 12.3 Å². The molecule has 1 unspecified atom stereocenters. The molecule has 322 valence electrons. The first kappa shape index (κ1) is 44.2. The molecule has 14 nitrogen and oxygen atoms in total. The Balaban J connectivity index is 0.728. The van der Waals surface area contributed by atoms with Crippen LogP contribution >= 0.6 is 11.1 Å². The van der Waals surface area contributed by atoms with E-state index in [0.29, 0.717) is 90.3 Å². The first-order valence-corrected chi connectivity index (χ1v) is 21.8. The minimum atomic E-state index is -4.72. The van der Waals surface area contributed by atoms with E-state index in [0.717, 1.165) is 29.9 Å².